The fraction of sp³-hybridized carbons (Fsp3) is 0.571. The Balaban J connectivity index is 2.55. The fourth-order valence-corrected chi connectivity index (χ4v) is 1.04. The highest BCUT2D eigenvalue weighted by molar-refractivity contribution is 5.58. The topological polar surface area (TPSA) is 46.2 Å². The van der Waals surface area contributed by atoms with Gasteiger partial charge in [0.1, 0.15) is 12.2 Å². The number of rotatable bonds is 1. The zero-order valence-electron chi connectivity index (χ0n) is 5.59. The number of piperidine rings is 1. The molecule has 0 saturated carbocycles. The molecule has 1 aliphatic rings. The van der Waals surface area contributed by atoms with E-state index >= 15 is 0 Å². The number of aldehydes is 1. The van der Waals surface area contributed by atoms with Crippen LogP contribution in [0, 0.1) is 5.92 Å². The van der Waals surface area contributed by atoms with Crippen LogP contribution in [0.25, 0.3) is 0 Å². The van der Waals surface area contributed by atoms with Crippen molar-refractivity contribution in [3.63, 3.8) is 0 Å². The molecule has 0 aromatic heterocycles. The van der Waals surface area contributed by atoms with E-state index in [0.29, 0.717) is 18.7 Å². The Morgan fingerprint density at radius 1 is 1.70 bits per heavy atom. The van der Waals surface area contributed by atoms with Crippen LogP contribution in [-0.2, 0) is 9.59 Å². The highest BCUT2D eigenvalue weighted by Gasteiger charge is 2.15. The summed E-state index contributed by atoms with van der Waals surface area (Å²) in [7, 11) is 0. The van der Waals surface area contributed by atoms with Crippen molar-refractivity contribution in [2.75, 3.05) is 6.54 Å². The Labute approximate surface area is 59.1 Å². The molecular formula is C7H9NO2. The van der Waals surface area contributed by atoms with Crippen LogP contribution < -0.4 is 5.32 Å². The molecule has 0 radical (unpaired) electrons. The number of hydrogen-bond acceptors (Lipinski definition) is 3. The summed E-state index contributed by atoms with van der Waals surface area (Å²) >= 11 is 0. The van der Waals surface area contributed by atoms with Crippen LogP contribution in [0.5, 0.6) is 0 Å². The summed E-state index contributed by atoms with van der Waals surface area (Å²) < 4.78 is 0. The first-order chi connectivity index (χ1) is 4.86. The summed E-state index contributed by atoms with van der Waals surface area (Å²) in [4.78, 5) is 20.3. The zero-order valence-corrected chi connectivity index (χ0v) is 5.59. The maximum atomic E-state index is 10.3. The first kappa shape index (κ1) is 7.03. The third kappa shape index (κ3) is 1.45. The number of allylic oxidation sites excluding steroid dienone is 1. The molecule has 0 aromatic rings. The van der Waals surface area contributed by atoms with E-state index in [1.165, 1.54) is 0 Å². The first-order valence-electron chi connectivity index (χ1n) is 3.30. The highest BCUT2D eigenvalue weighted by Crippen LogP contribution is 2.13. The first-order valence-corrected chi connectivity index (χ1v) is 3.30. The van der Waals surface area contributed by atoms with Gasteiger partial charge < -0.3 is 10.1 Å². The van der Waals surface area contributed by atoms with Crippen LogP contribution in [0.3, 0.4) is 0 Å². The molecule has 3 nitrogen and oxygen atoms in total. The molecule has 10 heavy (non-hydrogen) atoms. The van der Waals surface area contributed by atoms with Gasteiger partial charge in [0.15, 0.2) is 0 Å². The van der Waals surface area contributed by atoms with Gasteiger partial charge in [0, 0.05) is 18.9 Å². The van der Waals surface area contributed by atoms with Gasteiger partial charge >= 0.3 is 0 Å². The Bertz CT molecular complexity index is 182. The largest absolute Gasteiger partial charge is 0.379 e. The lowest BCUT2D eigenvalue weighted by Gasteiger charge is -2.18. The Morgan fingerprint density at radius 3 is 3.10 bits per heavy atom. The molecule has 1 fully saturated rings. The molecule has 1 heterocycles. The smallest absolute Gasteiger partial charge is 0.145 e. The molecule has 0 aliphatic carbocycles. The summed E-state index contributed by atoms with van der Waals surface area (Å²) in [6.07, 6.45) is 2.26. The predicted octanol–water partition coefficient (Wildman–Crippen LogP) is -0.0996. The van der Waals surface area contributed by atoms with E-state index in [0.717, 1.165) is 12.7 Å². The van der Waals surface area contributed by atoms with Crippen molar-refractivity contribution in [3.05, 3.63) is 5.70 Å². The van der Waals surface area contributed by atoms with E-state index in [1.54, 1.807) is 5.94 Å². The average Bonchev–Trinajstić information content (AvgIpc) is 2.05. The second-order valence-corrected chi connectivity index (χ2v) is 2.40. The maximum Gasteiger partial charge on any atom is 0.145 e. The lowest BCUT2D eigenvalue weighted by atomic mass is 9.98. The fourth-order valence-electron chi connectivity index (χ4n) is 1.04. The normalized spacial score (nSPS) is 24.8. The number of hydrogen-bond donors (Lipinski definition) is 1. The van der Waals surface area contributed by atoms with Crippen molar-refractivity contribution in [2.45, 2.75) is 12.8 Å². The van der Waals surface area contributed by atoms with Gasteiger partial charge in [-0.05, 0) is 6.42 Å². The van der Waals surface area contributed by atoms with Crippen LogP contribution in [-0.4, -0.2) is 18.8 Å². The monoisotopic (exact) mass is 139 g/mol. The summed E-state index contributed by atoms with van der Waals surface area (Å²) in [6.45, 7) is 0.716. The molecule has 1 N–H and O–H groups in total. The summed E-state index contributed by atoms with van der Waals surface area (Å²) in [5.41, 5.74) is 0.531. The molecule has 1 saturated heterocycles. The SMILES string of the molecule is O=C=C1CC(C=O)CCN1. The molecule has 1 unspecified atom stereocenters. The van der Waals surface area contributed by atoms with Crippen molar-refractivity contribution >= 4 is 12.2 Å². The van der Waals surface area contributed by atoms with E-state index in [9.17, 15) is 9.59 Å². The molecule has 1 rings (SSSR count). The maximum absolute atomic E-state index is 10.3. The highest BCUT2D eigenvalue weighted by atomic mass is 16.1. The lowest BCUT2D eigenvalue weighted by molar-refractivity contribution is -0.111. The lowest BCUT2D eigenvalue weighted by Crippen LogP contribution is -2.26. The number of carbonyl (C=O) groups is 1. The van der Waals surface area contributed by atoms with Gasteiger partial charge in [-0.1, -0.05) is 0 Å². The van der Waals surface area contributed by atoms with Crippen LogP contribution in [0.15, 0.2) is 5.70 Å². The molecule has 0 amide bonds. The molecule has 1 atom stereocenters. The van der Waals surface area contributed by atoms with Crippen LogP contribution >= 0.6 is 0 Å². The van der Waals surface area contributed by atoms with Gasteiger partial charge in [-0.3, -0.25) is 0 Å². The van der Waals surface area contributed by atoms with Crippen molar-refractivity contribution in [1.82, 2.24) is 5.32 Å². The Kier molecular flexibility index (Phi) is 2.24. The molecule has 3 heteroatoms. The Morgan fingerprint density at radius 2 is 2.50 bits per heavy atom. The summed E-state index contributed by atoms with van der Waals surface area (Å²) in [6, 6.07) is 0. The average molecular weight is 139 g/mol. The second-order valence-electron chi connectivity index (χ2n) is 2.40. The van der Waals surface area contributed by atoms with E-state index in [4.69, 9.17) is 0 Å². The van der Waals surface area contributed by atoms with E-state index in [1.807, 2.05) is 0 Å². The second kappa shape index (κ2) is 3.18. The molecule has 0 bridgehead atoms. The van der Waals surface area contributed by atoms with Crippen molar-refractivity contribution in [3.8, 4) is 0 Å². The van der Waals surface area contributed by atoms with Gasteiger partial charge in [0.25, 0.3) is 0 Å². The predicted molar refractivity (Wildman–Crippen MR) is 36.0 cm³/mol. The minimum absolute atomic E-state index is 0.0256. The molecule has 54 valence electrons. The number of carbonyl (C=O) groups excluding carboxylic acids is 2. The molecule has 0 aromatic carbocycles. The van der Waals surface area contributed by atoms with E-state index in [2.05, 4.69) is 5.32 Å². The summed E-state index contributed by atoms with van der Waals surface area (Å²) in [5.74, 6) is 1.79. The quantitative estimate of drug-likeness (QED) is 0.407. The summed E-state index contributed by atoms with van der Waals surface area (Å²) in [5, 5.41) is 2.87. The zero-order chi connectivity index (χ0) is 7.40. The minimum Gasteiger partial charge on any atom is -0.379 e. The third-order valence-electron chi connectivity index (χ3n) is 1.64. The number of nitrogens with one attached hydrogen (secondary N) is 1. The van der Waals surface area contributed by atoms with E-state index in [-0.39, 0.29) is 5.92 Å². The minimum atomic E-state index is 0.0256. The molecule has 1 aliphatic heterocycles. The molecule has 0 spiro atoms. The van der Waals surface area contributed by atoms with Gasteiger partial charge in [-0.25, -0.2) is 4.79 Å². The third-order valence-corrected chi connectivity index (χ3v) is 1.64. The van der Waals surface area contributed by atoms with Gasteiger partial charge in [-0.2, -0.15) is 0 Å². The van der Waals surface area contributed by atoms with Crippen molar-refractivity contribution < 1.29 is 9.59 Å². The van der Waals surface area contributed by atoms with Crippen LogP contribution in [0.4, 0.5) is 0 Å². The van der Waals surface area contributed by atoms with Crippen LogP contribution in [0.2, 0.25) is 0 Å². The van der Waals surface area contributed by atoms with Gasteiger partial charge in [0.2, 0.25) is 0 Å². The van der Waals surface area contributed by atoms with E-state index < -0.39 is 0 Å². The van der Waals surface area contributed by atoms with Gasteiger partial charge in [-0.15, -0.1) is 0 Å². The van der Waals surface area contributed by atoms with Crippen molar-refractivity contribution in [1.29, 1.82) is 0 Å². The molecular weight excluding hydrogens is 130 g/mol. The van der Waals surface area contributed by atoms with Gasteiger partial charge in [0.05, 0.1) is 5.70 Å². The Hall–Kier alpha value is -1.08. The van der Waals surface area contributed by atoms with Crippen molar-refractivity contribution in [2.24, 2.45) is 5.92 Å². The van der Waals surface area contributed by atoms with Crippen LogP contribution in [0.1, 0.15) is 12.8 Å². The standard InChI is InChI=1S/C7H9NO2/c9-4-6-1-2-8-7(3-6)5-10/h4,6,8H,1-3H2.